The Balaban J connectivity index is 0.00000341. The first kappa shape index (κ1) is 24.7. The highest BCUT2D eigenvalue weighted by molar-refractivity contribution is 14.0. The second-order valence-electron chi connectivity index (χ2n) is 6.25. The fraction of sp³-hybridized carbons (Fsp3) is 0.316. The Morgan fingerprint density at radius 2 is 1.90 bits per heavy atom. The van der Waals surface area contributed by atoms with Crippen molar-refractivity contribution in [2.24, 2.45) is 4.99 Å². The number of nitrogens with one attached hydrogen (secondary N) is 2. The Hall–Kier alpha value is -2.61. The van der Waals surface area contributed by atoms with Crippen LogP contribution in [0.2, 0.25) is 0 Å². The van der Waals surface area contributed by atoms with Crippen LogP contribution in [-0.4, -0.2) is 45.1 Å². The Bertz CT molecular complexity index is 994. The van der Waals surface area contributed by atoms with Crippen molar-refractivity contribution >= 4 is 35.6 Å². The molecule has 168 valence electrons. The van der Waals surface area contributed by atoms with E-state index in [4.69, 9.17) is 0 Å². The van der Waals surface area contributed by atoms with Gasteiger partial charge in [-0.2, -0.15) is 0 Å². The number of aliphatic imine (C=N–C) groups is 1. The first-order chi connectivity index (χ1) is 14.4. The lowest BCUT2D eigenvalue weighted by molar-refractivity contribution is -0.274. The summed E-state index contributed by atoms with van der Waals surface area (Å²) in [6.07, 6.45) is -3.87. The lowest BCUT2D eigenvalue weighted by atomic mass is 10.1. The molecule has 1 aromatic carbocycles. The SMILES string of the molecule is CCNC(=NCc1nnc2ccccn12)NCC(O)c1ccc(OC(F)(F)F)cc1.I. The molecule has 3 aromatic rings. The Morgan fingerprint density at radius 3 is 2.58 bits per heavy atom. The number of fused-ring (bicyclic) bond motifs is 1. The maximum atomic E-state index is 12.2. The maximum absolute atomic E-state index is 12.2. The average Bonchev–Trinajstić information content (AvgIpc) is 3.12. The molecule has 0 saturated carbocycles. The molecule has 0 bridgehead atoms. The zero-order chi connectivity index (χ0) is 21.6. The zero-order valence-electron chi connectivity index (χ0n) is 16.5. The summed E-state index contributed by atoms with van der Waals surface area (Å²) in [5.74, 6) is 0.770. The normalized spacial score (nSPS) is 12.9. The summed E-state index contributed by atoms with van der Waals surface area (Å²) in [5, 5.41) is 24.6. The number of aliphatic hydroxyl groups is 1. The van der Waals surface area contributed by atoms with Gasteiger partial charge < -0.3 is 20.5 Å². The predicted molar refractivity (Wildman–Crippen MR) is 119 cm³/mol. The van der Waals surface area contributed by atoms with E-state index < -0.39 is 12.5 Å². The Kier molecular flexibility index (Phi) is 8.86. The van der Waals surface area contributed by atoms with Crippen LogP contribution >= 0.6 is 24.0 Å². The summed E-state index contributed by atoms with van der Waals surface area (Å²) >= 11 is 0. The lowest BCUT2D eigenvalue weighted by Gasteiger charge is -2.16. The number of nitrogens with zero attached hydrogens (tertiary/aromatic N) is 4. The molecule has 0 aliphatic carbocycles. The molecule has 1 unspecified atom stereocenters. The molecule has 2 aromatic heterocycles. The summed E-state index contributed by atoms with van der Waals surface area (Å²) in [4.78, 5) is 4.44. The first-order valence-electron chi connectivity index (χ1n) is 9.20. The van der Waals surface area contributed by atoms with Crippen LogP contribution in [0.5, 0.6) is 5.75 Å². The van der Waals surface area contributed by atoms with E-state index in [1.54, 1.807) is 0 Å². The summed E-state index contributed by atoms with van der Waals surface area (Å²) < 4.78 is 42.3. The summed E-state index contributed by atoms with van der Waals surface area (Å²) in [7, 11) is 0. The van der Waals surface area contributed by atoms with Crippen LogP contribution in [-0.2, 0) is 6.54 Å². The van der Waals surface area contributed by atoms with Crippen molar-refractivity contribution in [3.8, 4) is 5.75 Å². The number of pyridine rings is 1. The van der Waals surface area contributed by atoms with Gasteiger partial charge in [0.25, 0.3) is 0 Å². The number of hydrogen-bond acceptors (Lipinski definition) is 5. The molecule has 1 atom stereocenters. The van der Waals surface area contributed by atoms with Gasteiger partial charge in [-0.3, -0.25) is 4.40 Å². The van der Waals surface area contributed by atoms with Gasteiger partial charge in [-0.05, 0) is 36.8 Å². The molecule has 0 aliphatic heterocycles. The minimum atomic E-state index is -4.76. The first-order valence-corrected chi connectivity index (χ1v) is 9.20. The standard InChI is InChI=1S/C19H21F3N6O2.HI/c1-2-23-18(25-12-17-27-26-16-5-3-4-10-28(16)17)24-11-15(29)13-6-8-14(9-7-13)30-19(20,21)22;/h3-10,15,29H,2,11-12H2,1H3,(H2,23,24,25);1H. The second-order valence-corrected chi connectivity index (χ2v) is 6.25. The molecular weight excluding hydrogens is 528 g/mol. The molecule has 0 saturated heterocycles. The molecule has 0 radical (unpaired) electrons. The van der Waals surface area contributed by atoms with Gasteiger partial charge in [0.05, 0.1) is 6.10 Å². The molecule has 31 heavy (non-hydrogen) atoms. The highest BCUT2D eigenvalue weighted by atomic mass is 127. The van der Waals surface area contributed by atoms with Crippen molar-refractivity contribution in [2.45, 2.75) is 25.9 Å². The van der Waals surface area contributed by atoms with Crippen LogP contribution in [0, 0.1) is 0 Å². The van der Waals surface area contributed by atoms with Crippen LogP contribution in [0.4, 0.5) is 13.2 Å². The third-order valence-electron chi connectivity index (χ3n) is 4.07. The second kappa shape index (κ2) is 11.1. The molecule has 0 amide bonds. The summed E-state index contributed by atoms with van der Waals surface area (Å²) in [5.41, 5.74) is 1.16. The average molecular weight is 550 g/mol. The van der Waals surface area contributed by atoms with E-state index in [9.17, 15) is 18.3 Å². The Labute approximate surface area is 193 Å². The number of alkyl halides is 3. The predicted octanol–water partition coefficient (Wildman–Crippen LogP) is 3.03. The molecule has 3 N–H and O–H groups in total. The number of guanidine groups is 1. The van der Waals surface area contributed by atoms with Gasteiger partial charge in [-0.1, -0.05) is 18.2 Å². The van der Waals surface area contributed by atoms with Gasteiger partial charge in [-0.25, -0.2) is 4.99 Å². The van der Waals surface area contributed by atoms with Gasteiger partial charge in [0.15, 0.2) is 17.4 Å². The quantitative estimate of drug-likeness (QED) is 0.238. The maximum Gasteiger partial charge on any atom is 0.573 e. The lowest BCUT2D eigenvalue weighted by Crippen LogP contribution is -2.39. The van der Waals surface area contributed by atoms with Crippen molar-refractivity contribution in [1.82, 2.24) is 25.2 Å². The van der Waals surface area contributed by atoms with E-state index >= 15 is 0 Å². The van der Waals surface area contributed by atoms with E-state index in [-0.39, 0.29) is 42.8 Å². The van der Waals surface area contributed by atoms with Gasteiger partial charge in [-0.15, -0.1) is 47.3 Å². The molecule has 0 fully saturated rings. The van der Waals surface area contributed by atoms with Crippen LogP contribution in [0.15, 0.2) is 53.7 Å². The molecule has 0 spiro atoms. The van der Waals surface area contributed by atoms with E-state index in [1.807, 2.05) is 35.7 Å². The highest BCUT2D eigenvalue weighted by Gasteiger charge is 2.31. The van der Waals surface area contributed by atoms with Gasteiger partial charge in [0.1, 0.15) is 12.3 Å². The van der Waals surface area contributed by atoms with E-state index in [2.05, 4.69) is 30.6 Å². The smallest absolute Gasteiger partial charge is 0.406 e. The minimum Gasteiger partial charge on any atom is -0.406 e. The number of aromatic nitrogens is 3. The zero-order valence-corrected chi connectivity index (χ0v) is 18.8. The fourth-order valence-electron chi connectivity index (χ4n) is 2.69. The van der Waals surface area contributed by atoms with Crippen molar-refractivity contribution in [2.75, 3.05) is 13.1 Å². The largest absolute Gasteiger partial charge is 0.573 e. The molecule has 0 aliphatic rings. The number of aliphatic hydroxyl groups excluding tert-OH is 1. The molecule has 12 heteroatoms. The van der Waals surface area contributed by atoms with Crippen LogP contribution in [0.25, 0.3) is 5.65 Å². The molecular formula is C19H22F3IN6O2. The number of hydrogen-bond donors (Lipinski definition) is 3. The molecule has 3 rings (SSSR count). The van der Waals surface area contributed by atoms with Crippen molar-refractivity contribution in [1.29, 1.82) is 0 Å². The van der Waals surface area contributed by atoms with Gasteiger partial charge >= 0.3 is 6.36 Å². The van der Waals surface area contributed by atoms with Crippen LogP contribution < -0.4 is 15.4 Å². The summed E-state index contributed by atoms with van der Waals surface area (Å²) in [6.45, 7) is 2.87. The van der Waals surface area contributed by atoms with E-state index in [0.29, 0.717) is 29.5 Å². The third-order valence-corrected chi connectivity index (χ3v) is 4.07. The van der Waals surface area contributed by atoms with Crippen molar-refractivity contribution in [3.05, 3.63) is 60.0 Å². The van der Waals surface area contributed by atoms with Gasteiger partial charge in [0, 0.05) is 19.3 Å². The number of rotatable bonds is 7. The van der Waals surface area contributed by atoms with Crippen molar-refractivity contribution < 1.29 is 23.0 Å². The highest BCUT2D eigenvalue weighted by Crippen LogP contribution is 2.24. The number of benzene rings is 1. The van der Waals surface area contributed by atoms with E-state index in [0.717, 1.165) is 12.1 Å². The van der Waals surface area contributed by atoms with Crippen LogP contribution in [0.3, 0.4) is 0 Å². The van der Waals surface area contributed by atoms with Gasteiger partial charge in [0.2, 0.25) is 0 Å². The fourth-order valence-corrected chi connectivity index (χ4v) is 2.69. The van der Waals surface area contributed by atoms with E-state index in [1.165, 1.54) is 12.1 Å². The molecule has 8 nitrogen and oxygen atoms in total. The molecule has 2 heterocycles. The monoisotopic (exact) mass is 550 g/mol. The Morgan fingerprint density at radius 1 is 1.16 bits per heavy atom. The summed E-state index contributed by atoms with van der Waals surface area (Å²) in [6, 6.07) is 10.6. The topological polar surface area (TPSA) is 96.1 Å². The van der Waals surface area contributed by atoms with Crippen LogP contribution in [0.1, 0.15) is 24.4 Å². The number of ether oxygens (including phenoxy) is 1. The third kappa shape index (κ3) is 7.24. The van der Waals surface area contributed by atoms with Crippen molar-refractivity contribution in [3.63, 3.8) is 0 Å². The number of halogens is 4. The minimum absolute atomic E-state index is 0.